The number of hydrogen-bond acceptors (Lipinski definition) is 4. The Bertz CT molecular complexity index is 946. The molecule has 0 radical (unpaired) electrons. The average Bonchev–Trinajstić information content (AvgIpc) is 3.12. The molecule has 0 aliphatic carbocycles. The van der Waals surface area contributed by atoms with Gasteiger partial charge in [-0.1, -0.05) is 12.1 Å². The summed E-state index contributed by atoms with van der Waals surface area (Å²) in [6.45, 7) is 5.80. The number of carbonyl (C=O) groups is 1. The maximum Gasteiger partial charge on any atom is 0.319 e. The molecular weight excluding hydrogens is 342 g/mol. The van der Waals surface area contributed by atoms with Gasteiger partial charge in [-0.25, -0.2) is 9.78 Å². The van der Waals surface area contributed by atoms with E-state index in [2.05, 4.69) is 37.1 Å². The third-order valence-electron chi connectivity index (χ3n) is 4.63. The molecule has 0 unspecified atom stereocenters. The van der Waals surface area contributed by atoms with E-state index in [1.54, 1.807) is 0 Å². The van der Waals surface area contributed by atoms with Crippen molar-refractivity contribution in [1.29, 1.82) is 0 Å². The van der Waals surface area contributed by atoms with Gasteiger partial charge in [-0.3, -0.25) is 4.40 Å². The van der Waals surface area contributed by atoms with Gasteiger partial charge in [0.25, 0.3) is 0 Å². The highest BCUT2D eigenvalue weighted by molar-refractivity contribution is 5.90. The lowest BCUT2D eigenvalue weighted by Crippen LogP contribution is -2.36. The number of imidazole rings is 1. The highest BCUT2D eigenvalue weighted by atomic mass is 16.5. The number of fused-ring (bicyclic) bond motifs is 1. The number of benzene rings is 1. The molecule has 1 aromatic carbocycles. The molecule has 27 heavy (non-hydrogen) atoms. The van der Waals surface area contributed by atoms with E-state index in [9.17, 15) is 4.79 Å². The van der Waals surface area contributed by atoms with Gasteiger partial charge >= 0.3 is 6.03 Å². The lowest BCUT2D eigenvalue weighted by Gasteiger charge is -2.28. The Labute approximate surface area is 158 Å². The minimum Gasteiger partial charge on any atom is -0.378 e. The first kappa shape index (κ1) is 17.4. The van der Waals surface area contributed by atoms with Gasteiger partial charge in [-0.2, -0.15) is 0 Å². The molecule has 0 bridgehead atoms. The number of anilines is 2. The van der Waals surface area contributed by atoms with Gasteiger partial charge in [0.05, 0.1) is 25.1 Å². The summed E-state index contributed by atoms with van der Waals surface area (Å²) in [5.41, 5.74) is 4.79. The minimum absolute atomic E-state index is 0.206. The van der Waals surface area contributed by atoms with Crippen LogP contribution in [0, 0.1) is 0 Å². The summed E-state index contributed by atoms with van der Waals surface area (Å²) in [4.78, 5) is 18.6. The van der Waals surface area contributed by atoms with Crippen LogP contribution in [0.25, 0.3) is 16.9 Å². The second-order valence-corrected chi connectivity index (χ2v) is 6.42. The van der Waals surface area contributed by atoms with Crippen molar-refractivity contribution in [1.82, 2.24) is 14.7 Å². The first-order chi connectivity index (χ1) is 13.2. The highest BCUT2D eigenvalue weighted by Crippen LogP contribution is 2.26. The Balaban J connectivity index is 1.61. The lowest BCUT2D eigenvalue weighted by atomic mass is 10.1. The fraction of sp³-hybridized carbons (Fsp3) is 0.300. The molecule has 2 aromatic heterocycles. The van der Waals surface area contributed by atoms with Crippen LogP contribution >= 0.6 is 0 Å². The zero-order valence-corrected chi connectivity index (χ0v) is 15.3. The van der Waals surface area contributed by atoms with Crippen LogP contribution in [-0.4, -0.2) is 48.3 Å². The average molecular weight is 365 g/mol. The number of rotatable bonds is 4. The molecule has 1 aliphatic rings. The predicted octanol–water partition coefficient (Wildman–Crippen LogP) is 2.98. The summed E-state index contributed by atoms with van der Waals surface area (Å²) in [7, 11) is 0. The maximum atomic E-state index is 11.8. The van der Waals surface area contributed by atoms with Gasteiger partial charge in [0.15, 0.2) is 0 Å². The Hall–Kier alpha value is -3.06. The van der Waals surface area contributed by atoms with Crippen LogP contribution in [0.5, 0.6) is 0 Å². The molecule has 3 heterocycles. The molecule has 0 atom stereocenters. The lowest BCUT2D eigenvalue weighted by molar-refractivity contribution is 0.122. The summed E-state index contributed by atoms with van der Waals surface area (Å²) >= 11 is 0. The molecule has 2 amide bonds. The number of hydrogen-bond donors (Lipinski definition) is 2. The number of ether oxygens (including phenoxy) is 1. The second kappa shape index (κ2) is 7.67. The second-order valence-electron chi connectivity index (χ2n) is 6.42. The SMILES string of the molecule is CCNC(=O)Nc1cccc(-c2cnc3cc(N4CCOCC4)ccn23)c1. The number of nitrogens with one attached hydrogen (secondary N) is 2. The van der Waals surface area contributed by atoms with Crippen molar-refractivity contribution in [2.75, 3.05) is 43.1 Å². The van der Waals surface area contributed by atoms with Crippen molar-refractivity contribution in [3.8, 4) is 11.3 Å². The standard InChI is InChI=1S/C20H23N5O2/c1-2-21-20(26)23-16-5-3-4-15(12-16)18-14-22-19-13-17(6-7-25(18)19)24-8-10-27-11-9-24/h3-7,12-14H,2,8-11H2,1H3,(H2,21,23,26). The van der Waals surface area contributed by atoms with Gasteiger partial charge in [-0.15, -0.1) is 0 Å². The number of amides is 2. The predicted molar refractivity (Wildman–Crippen MR) is 106 cm³/mol. The monoisotopic (exact) mass is 365 g/mol. The Kier molecular flexibility index (Phi) is 4.93. The van der Waals surface area contributed by atoms with Crippen molar-refractivity contribution < 1.29 is 9.53 Å². The van der Waals surface area contributed by atoms with Crippen molar-refractivity contribution in [3.05, 3.63) is 48.8 Å². The Morgan fingerprint density at radius 2 is 2.07 bits per heavy atom. The normalized spacial score (nSPS) is 14.3. The van der Waals surface area contributed by atoms with E-state index in [4.69, 9.17) is 4.74 Å². The molecule has 0 spiro atoms. The third-order valence-corrected chi connectivity index (χ3v) is 4.63. The first-order valence-electron chi connectivity index (χ1n) is 9.19. The van der Waals surface area contributed by atoms with Crippen LogP contribution in [0.4, 0.5) is 16.2 Å². The van der Waals surface area contributed by atoms with Crippen LogP contribution in [-0.2, 0) is 4.74 Å². The molecular formula is C20H23N5O2. The minimum atomic E-state index is -0.206. The van der Waals surface area contributed by atoms with Gasteiger partial charge in [0.2, 0.25) is 0 Å². The summed E-state index contributed by atoms with van der Waals surface area (Å²) in [5, 5.41) is 5.58. The van der Waals surface area contributed by atoms with Gasteiger partial charge < -0.3 is 20.3 Å². The Morgan fingerprint density at radius 1 is 1.22 bits per heavy atom. The molecule has 140 valence electrons. The van der Waals surface area contributed by atoms with E-state index >= 15 is 0 Å². The van der Waals surface area contributed by atoms with E-state index < -0.39 is 0 Å². The number of carbonyl (C=O) groups excluding carboxylic acids is 1. The summed E-state index contributed by atoms with van der Waals surface area (Å²) < 4.78 is 7.49. The van der Waals surface area contributed by atoms with E-state index in [-0.39, 0.29) is 6.03 Å². The van der Waals surface area contributed by atoms with E-state index in [0.29, 0.717) is 6.54 Å². The molecule has 7 nitrogen and oxygen atoms in total. The van der Waals surface area contributed by atoms with E-state index in [1.165, 1.54) is 0 Å². The van der Waals surface area contributed by atoms with Crippen LogP contribution in [0.1, 0.15) is 6.92 Å². The van der Waals surface area contributed by atoms with Gasteiger partial charge in [0, 0.05) is 48.8 Å². The maximum absolute atomic E-state index is 11.8. The molecule has 3 aromatic rings. The number of nitrogens with zero attached hydrogens (tertiary/aromatic N) is 3. The number of morpholine rings is 1. The number of urea groups is 1. The van der Waals surface area contributed by atoms with Gasteiger partial charge in [0.1, 0.15) is 5.65 Å². The first-order valence-corrected chi connectivity index (χ1v) is 9.19. The number of aromatic nitrogens is 2. The summed E-state index contributed by atoms with van der Waals surface area (Å²) in [6.07, 6.45) is 3.91. The Morgan fingerprint density at radius 3 is 2.89 bits per heavy atom. The largest absolute Gasteiger partial charge is 0.378 e. The summed E-state index contributed by atoms with van der Waals surface area (Å²) in [6, 6.07) is 11.8. The van der Waals surface area contributed by atoms with Crippen molar-refractivity contribution in [3.63, 3.8) is 0 Å². The molecule has 0 saturated carbocycles. The number of pyridine rings is 1. The van der Waals surface area contributed by atoms with E-state index in [0.717, 1.165) is 54.6 Å². The fourth-order valence-corrected chi connectivity index (χ4v) is 3.29. The quantitative estimate of drug-likeness (QED) is 0.746. The third kappa shape index (κ3) is 3.73. The zero-order valence-electron chi connectivity index (χ0n) is 15.3. The molecule has 4 rings (SSSR count). The van der Waals surface area contributed by atoms with Crippen molar-refractivity contribution in [2.24, 2.45) is 0 Å². The van der Waals surface area contributed by atoms with Crippen LogP contribution in [0.15, 0.2) is 48.8 Å². The smallest absolute Gasteiger partial charge is 0.319 e. The molecule has 1 saturated heterocycles. The van der Waals surface area contributed by atoms with Crippen molar-refractivity contribution in [2.45, 2.75) is 6.92 Å². The van der Waals surface area contributed by atoms with Crippen molar-refractivity contribution >= 4 is 23.1 Å². The van der Waals surface area contributed by atoms with E-state index in [1.807, 2.05) is 43.6 Å². The topological polar surface area (TPSA) is 70.9 Å². The fourth-order valence-electron chi connectivity index (χ4n) is 3.29. The van der Waals surface area contributed by atoms with Crippen LogP contribution in [0.2, 0.25) is 0 Å². The zero-order chi connectivity index (χ0) is 18.6. The molecule has 2 N–H and O–H groups in total. The van der Waals surface area contributed by atoms with Crippen LogP contribution < -0.4 is 15.5 Å². The highest BCUT2D eigenvalue weighted by Gasteiger charge is 2.13. The van der Waals surface area contributed by atoms with Crippen LogP contribution in [0.3, 0.4) is 0 Å². The molecule has 7 heteroatoms. The van der Waals surface area contributed by atoms with Gasteiger partial charge in [-0.05, 0) is 25.1 Å². The molecule has 1 aliphatic heterocycles. The summed E-state index contributed by atoms with van der Waals surface area (Å²) in [5.74, 6) is 0. The molecule has 1 fully saturated rings.